The van der Waals surface area contributed by atoms with E-state index in [0.29, 0.717) is 23.9 Å². The minimum absolute atomic E-state index is 0.131. The number of rotatable bonds is 39. The average molecular weight is 824 g/mol. The van der Waals surface area contributed by atoms with Crippen LogP contribution in [0.15, 0.2) is 97.2 Å². The Morgan fingerprint density at radius 3 is 1.47 bits per heavy atom. The number of nitrogens with zero attached hydrogens (tertiary/aromatic N) is 1. The summed E-state index contributed by atoms with van der Waals surface area (Å²) in [5, 5.41) is 11.7. The molecule has 0 aromatic carbocycles. The van der Waals surface area contributed by atoms with Crippen LogP contribution in [0.3, 0.4) is 0 Å². The van der Waals surface area contributed by atoms with Crippen LogP contribution in [-0.2, 0) is 33.3 Å². The van der Waals surface area contributed by atoms with E-state index in [4.69, 9.17) is 18.9 Å². The fourth-order valence-corrected chi connectivity index (χ4v) is 5.34. The van der Waals surface area contributed by atoms with Crippen molar-refractivity contribution >= 4 is 17.9 Å². The minimum atomic E-state index is -1.64. The van der Waals surface area contributed by atoms with Gasteiger partial charge in [-0.05, 0) is 89.9 Å². The summed E-state index contributed by atoms with van der Waals surface area (Å²) in [6, 6.07) is 0. The lowest BCUT2D eigenvalue weighted by atomic mass is 10.1. The van der Waals surface area contributed by atoms with Crippen LogP contribution in [0.4, 0.5) is 0 Å². The monoisotopic (exact) mass is 824 g/mol. The number of ether oxygens (including phenoxy) is 4. The Morgan fingerprint density at radius 1 is 0.525 bits per heavy atom. The minimum Gasteiger partial charge on any atom is -0.545 e. The molecule has 9 nitrogen and oxygen atoms in total. The quantitative estimate of drug-likeness (QED) is 0.0198. The highest BCUT2D eigenvalue weighted by Gasteiger charge is 2.21. The maximum absolute atomic E-state index is 12.7. The zero-order valence-electron chi connectivity index (χ0n) is 37.6. The number of aliphatic carboxylic acids is 1. The highest BCUT2D eigenvalue weighted by Crippen LogP contribution is 2.11. The van der Waals surface area contributed by atoms with Crippen LogP contribution in [0, 0.1) is 0 Å². The number of allylic oxidation sites excluding steroid dienone is 16. The molecule has 0 saturated carbocycles. The number of likely N-dealkylation sites (N-methyl/N-ethyl adjacent to an activating group) is 1. The summed E-state index contributed by atoms with van der Waals surface area (Å²) in [5.41, 5.74) is 0. The predicted octanol–water partition coefficient (Wildman–Crippen LogP) is 10.5. The van der Waals surface area contributed by atoms with E-state index in [1.807, 2.05) is 21.1 Å². The van der Waals surface area contributed by atoms with Gasteiger partial charge in [-0.25, -0.2) is 0 Å². The Morgan fingerprint density at radius 2 is 0.966 bits per heavy atom. The first-order valence-electron chi connectivity index (χ1n) is 22.4. The number of hydrogen-bond acceptors (Lipinski definition) is 8. The Bertz CT molecular complexity index is 1280. The summed E-state index contributed by atoms with van der Waals surface area (Å²) < 4.78 is 22.5. The first kappa shape index (κ1) is 55.2. The largest absolute Gasteiger partial charge is 0.545 e. The molecule has 0 aromatic rings. The molecule has 59 heavy (non-hydrogen) atoms. The highest BCUT2D eigenvalue weighted by molar-refractivity contribution is 5.70. The number of unbranched alkanes of at least 4 members (excludes halogenated alkanes) is 8. The molecule has 0 heterocycles. The van der Waals surface area contributed by atoms with Crippen molar-refractivity contribution in [2.75, 3.05) is 47.5 Å². The van der Waals surface area contributed by atoms with E-state index >= 15 is 0 Å². The van der Waals surface area contributed by atoms with E-state index in [1.54, 1.807) is 0 Å². The van der Waals surface area contributed by atoms with Crippen LogP contribution in [-0.4, -0.2) is 82.3 Å². The summed E-state index contributed by atoms with van der Waals surface area (Å²) >= 11 is 0. The van der Waals surface area contributed by atoms with E-state index in [9.17, 15) is 19.5 Å². The first-order chi connectivity index (χ1) is 28.6. The van der Waals surface area contributed by atoms with E-state index in [2.05, 4.69) is 111 Å². The predicted molar refractivity (Wildman–Crippen MR) is 241 cm³/mol. The fourth-order valence-electron chi connectivity index (χ4n) is 5.34. The smallest absolute Gasteiger partial charge is 0.306 e. The maximum Gasteiger partial charge on any atom is 0.306 e. The summed E-state index contributed by atoms with van der Waals surface area (Å²) in [7, 11) is 5.87. The third-order valence-electron chi connectivity index (χ3n) is 8.80. The molecular formula is C50H81NO8. The van der Waals surface area contributed by atoms with Gasteiger partial charge in [-0.3, -0.25) is 9.59 Å². The SMILES string of the molecule is CC/C=C\C/C=C\C/C=C\C/C=C\C/C=C\C/C=C\CCCCC(=O)OC(COC(=O)CCCCCCC/C=C\C/C=C\CCC)COC(OCC[N+](C)(C)C)C(=O)[O-]. The van der Waals surface area contributed by atoms with Gasteiger partial charge in [0.2, 0.25) is 0 Å². The van der Waals surface area contributed by atoms with E-state index in [0.717, 1.165) is 96.3 Å². The fraction of sp³-hybridized carbons (Fsp3) is 0.620. The van der Waals surface area contributed by atoms with Gasteiger partial charge < -0.3 is 33.3 Å². The van der Waals surface area contributed by atoms with Crippen LogP contribution in [0.2, 0.25) is 0 Å². The molecular weight excluding hydrogens is 743 g/mol. The lowest BCUT2D eigenvalue weighted by molar-refractivity contribution is -0.870. The van der Waals surface area contributed by atoms with Crippen molar-refractivity contribution in [3.8, 4) is 0 Å². The van der Waals surface area contributed by atoms with Gasteiger partial charge in [-0.2, -0.15) is 0 Å². The molecule has 0 aliphatic rings. The van der Waals surface area contributed by atoms with Crippen LogP contribution >= 0.6 is 0 Å². The van der Waals surface area contributed by atoms with Gasteiger partial charge in [-0.15, -0.1) is 0 Å². The van der Waals surface area contributed by atoms with Gasteiger partial charge in [-0.1, -0.05) is 137 Å². The summed E-state index contributed by atoms with van der Waals surface area (Å²) in [6.07, 6.45) is 50.1. The normalized spacial score (nSPS) is 13.8. The average Bonchev–Trinajstić information content (AvgIpc) is 3.19. The van der Waals surface area contributed by atoms with Crippen molar-refractivity contribution in [2.24, 2.45) is 0 Å². The zero-order valence-corrected chi connectivity index (χ0v) is 37.6. The van der Waals surface area contributed by atoms with Crippen molar-refractivity contribution in [3.05, 3.63) is 97.2 Å². The molecule has 0 fully saturated rings. The molecule has 0 aromatic heterocycles. The zero-order chi connectivity index (χ0) is 43.5. The topological polar surface area (TPSA) is 111 Å². The van der Waals surface area contributed by atoms with Crippen molar-refractivity contribution in [2.45, 2.75) is 155 Å². The molecule has 0 N–H and O–H groups in total. The van der Waals surface area contributed by atoms with E-state index < -0.39 is 30.3 Å². The van der Waals surface area contributed by atoms with E-state index in [-0.39, 0.29) is 32.7 Å². The lowest BCUT2D eigenvalue weighted by Gasteiger charge is -2.26. The molecule has 0 spiro atoms. The number of carbonyl (C=O) groups excluding carboxylic acids is 3. The number of esters is 2. The van der Waals surface area contributed by atoms with Gasteiger partial charge in [0.15, 0.2) is 12.4 Å². The van der Waals surface area contributed by atoms with Gasteiger partial charge in [0.05, 0.1) is 40.3 Å². The number of hydrogen-bond donors (Lipinski definition) is 0. The number of carboxylic acid groups (broad SMARTS) is 1. The molecule has 9 heteroatoms. The van der Waals surface area contributed by atoms with Gasteiger partial charge in [0.25, 0.3) is 0 Å². The lowest BCUT2D eigenvalue weighted by Crippen LogP contribution is -2.44. The van der Waals surface area contributed by atoms with Gasteiger partial charge >= 0.3 is 11.9 Å². The van der Waals surface area contributed by atoms with Crippen LogP contribution < -0.4 is 5.11 Å². The van der Waals surface area contributed by atoms with Crippen LogP contribution in [0.1, 0.15) is 142 Å². The molecule has 334 valence electrons. The van der Waals surface area contributed by atoms with Gasteiger partial charge in [0, 0.05) is 12.8 Å². The third kappa shape index (κ3) is 42.1. The second-order valence-corrected chi connectivity index (χ2v) is 15.6. The Kier molecular flexibility index (Phi) is 38.3. The third-order valence-corrected chi connectivity index (χ3v) is 8.80. The van der Waals surface area contributed by atoms with Crippen molar-refractivity contribution < 1.29 is 42.9 Å². The van der Waals surface area contributed by atoms with Crippen LogP contribution in [0.25, 0.3) is 0 Å². The first-order valence-corrected chi connectivity index (χ1v) is 22.4. The standard InChI is InChI=1S/C50H81NO8/c1-6-8-10-12-14-16-18-20-21-22-23-24-25-26-27-29-31-33-35-37-39-41-48(53)59-46(45-58-50(49(54)55)56-43-42-51(3,4)5)44-57-47(52)40-38-36-34-32-30-28-19-17-15-13-11-9-7-2/h8,10-11,13-14,16-17,19-21,23-24,26-27,31,33,46,50H,6-7,9,12,15,18,22,25,28-30,32,34-45H2,1-5H3/b10-8-,13-11-,16-14-,19-17-,21-20-,24-23-,27-26-,33-31-. The van der Waals surface area contributed by atoms with E-state index in [1.165, 1.54) is 6.42 Å². The summed E-state index contributed by atoms with van der Waals surface area (Å²) in [6.45, 7) is 4.45. The molecule has 2 unspecified atom stereocenters. The number of carbonyl (C=O) groups is 3. The van der Waals surface area contributed by atoms with Gasteiger partial charge in [0.1, 0.15) is 13.2 Å². The second-order valence-electron chi connectivity index (χ2n) is 15.6. The number of carboxylic acids is 1. The summed E-state index contributed by atoms with van der Waals surface area (Å²) in [5.74, 6) is -2.38. The van der Waals surface area contributed by atoms with Crippen molar-refractivity contribution in [1.29, 1.82) is 0 Å². The molecule has 0 aliphatic heterocycles. The Hall–Kier alpha value is -3.79. The van der Waals surface area contributed by atoms with Crippen molar-refractivity contribution in [3.63, 3.8) is 0 Å². The molecule has 0 amide bonds. The molecule has 0 bridgehead atoms. The number of quaternary nitrogens is 1. The van der Waals surface area contributed by atoms with Crippen LogP contribution in [0.5, 0.6) is 0 Å². The molecule has 0 rings (SSSR count). The molecule has 0 radical (unpaired) electrons. The summed E-state index contributed by atoms with van der Waals surface area (Å²) in [4.78, 5) is 36.9. The van der Waals surface area contributed by atoms with Crippen molar-refractivity contribution in [1.82, 2.24) is 0 Å². The molecule has 0 saturated heterocycles. The Balaban J connectivity index is 4.56. The molecule has 0 aliphatic carbocycles. The second kappa shape index (κ2) is 41.0. The maximum atomic E-state index is 12.7. The Labute approximate surface area is 359 Å². The molecule has 2 atom stereocenters. The highest BCUT2D eigenvalue weighted by atomic mass is 16.7.